The van der Waals surface area contributed by atoms with Crippen LogP contribution in [0.15, 0.2) is 70.2 Å². The summed E-state index contributed by atoms with van der Waals surface area (Å²) in [5.41, 5.74) is 5.34. The molecule has 0 heterocycles. The highest BCUT2D eigenvalue weighted by molar-refractivity contribution is 9.10. The molecule has 3 aromatic rings. The van der Waals surface area contributed by atoms with E-state index in [1.54, 1.807) is 30.3 Å². The standard InChI is InChI=1S/C23H21BrN4O5/c1-15-6-3-4-9-20(15)26-23(29)27-25-13-17-11-21(32-2)22(12-19(17)24)33-14-16-7-5-8-18(10-16)28(30)31/h3-13H,14H2,1-2H3,(H2,26,27,29). The Morgan fingerprint density at radius 3 is 2.67 bits per heavy atom. The van der Waals surface area contributed by atoms with Gasteiger partial charge >= 0.3 is 6.03 Å². The Morgan fingerprint density at radius 1 is 1.15 bits per heavy atom. The van der Waals surface area contributed by atoms with E-state index >= 15 is 0 Å². The zero-order valence-electron chi connectivity index (χ0n) is 17.9. The number of hydrogen-bond acceptors (Lipinski definition) is 6. The van der Waals surface area contributed by atoms with Crippen LogP contribution in [0.2, 0.25) is 0 Å². The molecule has 10 heteroatoms. The Labute approximate surface area is 198 Å². The van der Waals surface area contributed by atoms with Crippen LogP contribution in [0, 0.1) is 17.0 Å². The van der Waals surface area contributed by atoms with Crippen molar-refractivity contribution in [3.05, 3.63) is 91.9 Å². The van der Waals surface area contributed by atoms with Crippen molar-refractivity contribution < 1.29 is 19.2 Å². The van der Waals surface area contributed by atoms with Crippen LogP contribution in [0.5, 0.6) is 11.5 Å². The third-order valence-corrected chi connectivity index (χ3v) is 5.25. The maximum atomic E-state index is 12.1. The van der Waals surface area contributed by atoms with Crippen molar-refractivity contribution in [2.45, 2.75) is 13.5 Å². The highest BCUT2D eigenvalue weighted by atomic mass is 79.9. The number of urea groups is 1. The number of hydrazone groups is 1. The van der Waals surface area contributed by atoms with Gasteiger partial charge in [0.15, 0.2) is 11.5 Å². The second kappa shape index (κ2) is 11.1. The van der Waals surface area contributed by atoms with Gasteiger partial charge in [-0.2, -0.15) is 5.10 Å². The average Bonchev–Trinajstić information content (AvgIpc) is 2.80. The highest BCUT2D eigenvalue weighted by Gasteiger charge is 2.12. The number of halogens is 1. The average molecular weight is 513 g/mol. The number of amides is 2. The van der Waals surface area contributed by atoms with Crippen molar-refractivity contribution in [1.82, 2.24) is 5.43 Å². The number of anilines is 1. The smallest absolute Gasteiger partial charge is 0.339 e. The van der Waals surface area contributed by atoms with Crippen LogP contribution in [-0.4, -0.2) is 24.3 Å². The van der Waals surface area contributed by atoms with E-state index in [0.717, 1.165) is 5.56 Å². The SMILES string of the molecule is COc1cc(C=NNC(=O)Nc2ccccc2C)c(Br)cc1OCc1cccc([N+](=O)[O-])c1. The molecule has 3 aromatic carbocycles. The molecule has 0 saturated carbocycles. The number of methoxy groups -OCH3 is 1. The summed E-state index contributed by atoms with van der Waals surface area (Å²) in [6, 6.07) is 16.5. The summed E-state index contributed by atoms with van der Waals surface area (Å²) >= 11 is 3.45. The maximum absolute atomic E-state index is 12.1. The topological polar surface area (TPSA) is 115 Å². The van der Waals surface area contributed by atoms with Crippen LogP contribution in [0.3, 0.4) is 0 Å². The molecule has 0 aliphatic rings. The summed E-state index contributed by atoms with van der Waals surface area (Å²) in [6.45, 7) is 2.02. The normalized spacial score (nSPS) is 10.6. The number of ether oxygens (including phenoxy) is 2. The summed E-state index contributed by atoms with van der Waals surface area (Å²) in [6.07, 6.45) is 1.47. The van der Waals surface area contributed by atoms with Gasteiger partial charge in [0.2, 0.25) is 0 Å². The second-order valence-electron chi connectivity index (χ2n) is 6.88. The van der Waals surface area contributed by atoms with E-state index < -0.39 is 11.0 Å². The lowest BCUT2D eigenvalue weighted by molar-refractivity contribution is -0.384. The molecule has 2 N–H and O–H groups in total. The van der Waals surface area contributed by atoms with E-state index in [9.17, 15) is 14.9 Å². The van der Waals surface area contributed by atoms with Crippen molar-refractivity contribution in [3.8, 4) is 11.5 Å². The van der Waals surface area contributed by atoms with Crippen molar-refractivity contribution in [2.75, 3.05) is 12.4 Å². The number of carbonyl (C=O) groups is 1. The summed E-state index contributed by atoms with van der Waals surface area (Å²) < 4.78 is 11.9. The fourth-order valence-electron chi connectivity index (χ4n) is 2.87. The molecular weight excluding hydrogens is 492 g/mol. The van der Waals surface area contributed by atoms with Gasteiger partial charge in [0.05, 0.1) is 18.2 Å². The Kier molecular flexibility index (Phi) is 7.98. The van der Waals surface area contributed by atoms with Crippen LogP contribution in [0.1, 0.15) is 16.7 Å². The molecule has 9 nitrogen and oxygen atoms in total. The molecule has 0 atom stereocenters. The first-order chi connectivity index (χ1) is 15.9. The molecule has 0 unspecified atom stereocenters. The number of nitrogens with zero attached hydrogens (tertiary/aromatic N) is 2. The summed E-state index contributed by atoms with van der Waals surface area (Å²) in [7, 11) is 1.50. The largest absolute Gasteiger partial charge is 0.493 e. The first-order valence-corrected chi connectivity index (χ1v) is 10.6. The Bertz CT molecular complexity index is 1200. The molecule has 0 aliphatic heterocycles. The summed E-state index contributed by atoms with van der Waals surface area (Å²) in [5.74, 6) is 0.882. The molecular formula is C23H21BrN4O5. The van der Waals surface area contributed by atoms with Gasteiger partial charge < -0.3 is 14.8 Å². The minimum Gasteiger partial charge on any atom is -0.493 e. The number of carbonyl (C=O) groups excluding carboxylic acids is 1. The first kappa shape index (κ1) is 23.7. The lowest BCUT2D eigenvalue weighted by atomic mass is 10.2. The van der Waals surface area contributed by atoms with Gasteiger partial charge in [-0.05, 0) is 52.2 Å². The van der Waals surface area contributed by atoms with Crippen molar-refractivity contribution in [3.63, 3.8) is 0 Å². The predicted octanol–water partition coefficient (Wildman–Crippen LogP) is 5.41. The minimum atomic E-state index is -0.472. The third kappa shape index (κ3) is 6.53. The number of para-hydroxylation sites is 1. The van der Waals surface area contributed by atoms with Gasteiger partial charge in [0.1, 0.15) is 6.61 Å². The van der Waals surface area contributed by atoms with Crippen molar-refractivity contribution >= 4 is 39.6 Å². The van der Waals surface area contributed by atoms with Crippen LogP contribution in [-0.2, 0) is 6.61 Å². The monoisotopic (exact) mass is 512 g/mol. The van der Waals surface area contributed by atoms with Gasteiger partial charge in [0.25, 0.3) is 5.69 Å². The molecule has 0 radical (unpaired) electrons. The molecule has 0 aliphatic carbocycles. The Morgan fingerprint density at radius 2 is 1.94 bits per heavy atom. The maximum Gasteiger partial charge on any atom is 0.339 e. The predicted molar refractivity (Wildman–Crippen MR) is 129 cm³/mol. The van der Waals surface area contributed by atoms with E-state index in [0.29, 0.717) is 32.8 Å². The number of aryl methyl sites for hydroxylation is 1. The van der Waals surface area contributed by atoms with E-state index in [1.807, 2.05) is 25.1 Å². The van der Waals surface area contributed by atoms with Crippen LogP contribution in [0.4, 0.5) is 16.2 Å². The molecule has 3 rings (SSSR count). The number of nitro benzene ring substituents is 1. The number of hydrogen-bond donors (Lipinski definition) is 2. The Hall–Kier alpha value is -3.92. The van der Waals surface area contributed by atoms with Gasteiger partial charge in [-0.3, -0.25) is 10.1 Å². The number of non-ortho nitro benzene ring substituents is 1. The van der Waals surface area contributed by atoms with Gasteiger partial charge in [0, 0.05) is 27.9 Å². The number of nitro groups is 1. The molecule has 0 fully saturated rings. The van der Waals surface area contributed by atoms with Gasteiger partial charge in [-0.15, -0.1) is 0 Å². The molecule has 33 heavy (non-hydrogen) atoms. The number of benzene rings is 3. The molecule has 0 aromatic heterocycles. The highest BCUT2D eigenvalue weighted by Crippen LogP contribution is 2.33. The van der Waals surface area contributed by atoms with Gasteiger partial charge in [-0.25, -0.2) is 10.2 Å². The summed E-state index contributed by atoms with van der Waals surface area (Å²) in [5, 5.41) is 17.6. The minimum absolute atomic E-state index is 0.00485. The molecule has 2 amide bonds. The van der Waals surface area contributed by atoms with Crippen LogP contribution < -0.4 is 20.2 Å². The van der Waals surface area contributed by atoms with Crippen molar-refractivity contribution in [2.24, 2.45) is 5.10 Å². The lowest BCUT2D eigenvalue weighted by Crippen LogP contribution is -2.24. The van der Waals surface area contributed by atoms with E-state index in [1.165, 1.54) is 25.5 Å². The van der Waals surface area contributed by atoms with E-state index in [2.05, 4.69) is 31.8 Å². The van der Waals surface area contributed by atoms with Crippen molar-refractivity contribution in [1.29, 1.82) is 0 Å². The lowest BCUT2D eigenvalue weighted by Gasteiger charge is -2.13. The van der Waals surface area contributed by atoms with Crippen LogP contribution >= 0.6 is 15.9 Å². The van der Waals surface area contributed by atoms with E-state index in [4.69, 9.17) is 9.47 Å². The second-order valence-corrected chi connectivity index (χ2v) is 7.73. The first-order valence-electron chi connectivity index (χ1n) is 9.76. The Balaban J connectivity index is 1.66. The molecule has 0 spiro atoms. The zero-order valence-corrected chi connectivity index (χ0v) is 19.5. The van der Waals surface area contributed by atoms with Crippen LogP contribution in [0.25, 0.3) is 0 Å². The quantitative estimate of drug-likeness (QED) is 0.238. The van der Waals surface area contributed by atoms with E-state index in [-0.39, 0.29) is 12.3 Å². The molecule has 0 bridgehead atoms. The summed E-state index contributed by atoms with van der Waals surface area (Å²) in [4.78, 5) is 22.6. The molecule has 0 saturated heterocycles. The molecule has 170 valence electrons. The zero-order chi connectivity index (χ0) is 23.8. The van der Waals surface area contributed by atoms with Gasteiger partial charge in [-0.1, -0.05) is 30.3 Å². The number of rotatable bonds is 8. The fourth-order valence-corrected chi connectivity index (χ4v) is 3.29. The third-order valence-electron chi connectivity index (χ3n) is 4.56. The fraction of sp³-hybridized carbons (Fsp3) is 0.130. The number of nitrogens with one attached hydrogen (secondary N) is 2.